The number of hydrogen-bond donors (Lipinski definition) is 1. The van der Waals surface area contributed by atoms with Gasteiger partial charge in [0.1, 0.15) is 15.8 Å². The second-order valence-corrected chi connectivity index (χ2v) is 9.99. The maximum Gasteiger partial charge on any atom is 0.267 e. The molecular weight excluding hydrogens is 472 g/mol. The van der Waals surface area contributed by atoms with Crippen LogP contribution in [0.1, 0.15) is 30.5 Å². The number of benzene rings is 1. The predicted octanol–water partition coefficient (Wildman–Crippen LogP) is 3.95. The third-order valence-corrected chi connectivity index (χ3v) is 6.81. The molecule has 2 aromatic heterocycles. The Morgan fingerprint density at radius 2 is 2.03 bits per heavy atom. The standard InChI is InChI=1S/C24H22N4O4S2/c1-13(2)25-20-16(22(29)27-8-4-5-14(3)21(27)26-20)10-19-23(30)28(24(33)34-19)11-15-6-7-17-18(9-15)32-12-31-17/h4-10,13,25H,11-12H2,1-3H3. The van der Waals surface area contributed by atoms with E-state index in [1.165, 1.54) is 21.1 Å². The minimum absolute atomic E-state index is 0.0473. The van der Waals surface area contributed by atoms with E-state index in [-0.39, 0.29) is 24.3 Å². The fraction of sp³-hybridized carbons (Fsp3) is 0.250. The molecule has 1 amide bonds. The third kappa shape index (κ3) is 4.03. The van der Waals surface area contributed by atoms with Crippen LogP contribution in [0.25, 0.3) is 11.7 Å². The molecule has 174 valence electrons. The Balaban J connectivity index is 1.51. The maximum atomic E-state index is 13.4. The molecule has 34 heavy (non-hydrogen) atoms. The molecule has 5 rings (SSSR count). The number of nitrogens with one attached hydrogen (secondary N) is 1. The normalized spacial score (nSPS) is 16.4. The third-order valence-electron chi connectivity index (χ3n) is 5.44. The van der Waals surface area contributed by atoms with Gasteiger partial charge in [0.25, 0.3) is 11.5 Å². The van der Waals surface area contributed by atoms with Gasteiger partial charge in [-0.15, -0.1) is 0 Å². The van der Waals surface area contributed by atoms with Crippen LogP contribution in [0.4, 0.5) is 5.82 Å². The van der Waals surface area contributed by atoms with E-state index in [0.29, 0.717) is 44.3 Å². The predicted molar refractivity (Wildman–Crippen MR) is 136 cm³/mol. The van der Waals surface area contributed by atoms with Gasteiger partial charge in [-0.2, -0.15) is 0 Å². The molecule has 2 aliphatic rings. The summed E-state index contributed by atoms with van der Waals surface area (Å²) in [6.45, 7) is 6.32. The molecule has 0 bridgehead atoms. The average molecular weight is 495 g/mol. The van der Waals surface area contributed by atoms with Gasteiger partial charge in [0.2, 0.25) is 6.79 Å². The molecule has 0 aliphatic carbocycles. The zero-order valence-corrected chi connectivity index (χ0v) is 20.5. The van der Waals surface area contributed by atoms with Crippen LogP contribution in [0.2, 0.25) is 0 Å². The van der Waals surface area contributed by atoms with E-state index in [4.69, 9.17) is 26.7 Å². The molecule has 1 fully saturated rings. The highest BCUT2D eigenvalue weighted by molar-refractivity contribution is 8.26. The SMILES string of the molecule is Cc1cccn2c(=O)c(C=C3SC(=S)N(Cc4ccc5c(c4)OCO5)C3=O)c(NC(C)C)nc12. The number of rotatable bonds is 5. The number of aromatic nitrogens is 2. The monoisotopic (exact) mass is 494 g/mol. The van der Waals surface area contributed by atoms with E-state index in [0.717, 1.165) is 11.1 Å². The zero-order chi connectivity index (χ0) is 24.0. The van der Waals surface area contributed by atoms with Crippen molar-refractivity contribution in [2.24, 2.45) is 0 Å². The van der Waals surface area contributed by atoms with Gasteiger partial charge in [0, 0.05) is 12.2 Å². The first-order valence-electron chi connectivity index (χ1n) is 10.7. The second-order valence-electron chi connectivity index (χ2n) is 8.32. The molecule has 0 radical (unpaired) electrons. The van der Waals surface area contributed by atoms with Crippen molar-refractivity contribution in [3.05, 3.63) is 68.5 Å². The van der Waals surface area contributed by atoms with Crippen molar-refractivity contribution in [2.75, 3.05) is 12.1 Å². The lowest BCUT2D eigenvalue weighted by Crippen LogP contribution is -2.27. The zero-order valence-electron chi connectivity index (χ0n) is 18.8. The van der Waals surface area contributed by atoms with Gasteiger partial charge in [-0.3, -0.25) is 18.9 Å². The number of nitrogens with zero attached hydrogens (tertiary/aromatic N) is 3. The highest BCUT2D eigenvalue weighted by atomic mass is 32.2. The smallest absolute Gasteiger partial charge is 0.267 e. The van der Waals surface area contributed by atoms with Gasteiger partial charge in [0.15, 0.2) is 11.5 Å². The van der Waals surface area contributed by atoms with Crippen LogP contribution in [-0.2, 0) is 11.3 Å². The number of hydrogen-bond acceptors (Lipinski definition) is 8. The first-order valence-corrected chi connectivity index (χ1v) is 12.0. The number of pyridine rings is 1. The van der Waals surface area contributed by atoms with Crippen LogP contribution < -0.4 is 20.3 Å². The number of thioether (sulfide) groups is 1. The number of thiocarbonyl (C=S) groups is 1. The average Bonchev–Trinajstić information content (AvgIpc) is 3.36. The van der Waals surface area contributed by atoms with Crippen molar-refractivity contribution < 1.29 is 14.3 Å². The Labute approximate surface area is 205 Å². The van der Waals surface area contributed by atoms with Crippen LogP contribution in [-0.4, -0.2) is 37.3 Å². The second kappa shape index (κ2) is 8.77. The lowest BCUT2D eigenvalue weighted by Gasteiger charge is -2.15. The molecule has 3 aromatic rings. The van der Waals surface area contributed by atoms with Crippen LogP contribution in [0, 0.1) is 6.92 Å². The number of carbonyl (C=O) groups is 1. The largest absolute Gasteiger partial charge is 0.454 e. The molecule has 4 heterocycles. The molecule has 2 aliphatic heterocycles. The summed E-state index contributed by atoms with van der Waals surface area (Å²) in [6.07, 6.45) is 3.27. The van der Waals surface area contributed by atoms with Crippen LogP contribution in [0.5, 0.6) is 11.5 Å². The molecule has 0 saturated carbocycles. The minimum atomic E-state index is -0.253. The summed E-state index contributed by atoms with van der Waals surface area (Å²) < 4.78 is 12.7. The van der Waals surface area contributed by atoms with E-state index in [9.17, 15) is 9.59 Å². The molecule has 8 nitrogen and oxygen atoms in total. The van der Waals surface area contributed by atoms with Crippen molar-refractivity contribution in [1.29, 1.82) is 0 Å². The van der Waals surface area contributed by atoms with Gasteiger partial charge in [-0.25, -0.2) is 4.98 Å². The molecule has 0 unspecified atom stereocenters. The topological polar surface area (TPSA) is 85.2 Å². The number of aryl methyl sites for hydroxylation is 1. The van der Waals surface area contributed by atoms with Crippen molar-refractivity contribution in [1.82, 2.24) is 14.3 Å². The maximum absolute atomic E-state index is 13.4. The first-order chi connectivity index (χ1) is 16.3. The van der Waals surface area contributed by atoms with Crippen LogP contribution in [0.3, 0.4) is 0 Å². The summed E-state index contributed by atoms with van der Waals surface area (Å²) in [7, 11) is 0. The van der Waals surface area contributed by atoms with E-state index in [2.05, 4.69) is 5.32 Å². The lowest BCUT2D eigenvalue weighted by molar-refractivity contribution is -0.122. The lowest BCUT2D eigenvalue weighted by atomic mass is 10.2. The highest BCUT2D eigenvalue weighted by Crippen LogP contribution is 2.36. The molecule has 1 saturated heterocycles. The summed E-state index contributed by atoms with van der Waals surface area (Å²) in [4.78, 5) is 33.2. The van der Waals surface area contributed by atoms with Crippen LogP contribution in [0.15, 0.2) is 46.2 Å². The molecule has 0 spiro atoms. The number of fused-ring (bicyclic) bond motifs is 2. The molecule has 0 atom stereocenters. The Bertz CT molecular complexity index is 1430. The van der Waals surface area contributed by atoms with E-state index in [1.807, 2.05) is 45.0 Å². The number of amides is 1. The van der Waals surface area contributed by atoms with E-state index >= 15 is 0 Å². The van der Waals surface area contributed by atoms with Crippen molar-refractivity contribution in [2.45, 2.75) is 33.4 Å². The number of anilines is 1. The van der Waals surface area contributed by atoms with Gasteiger partial charge >= 0.3 is 0 Å². The highest BCUT2D eigenvalue weighted by Gasteiger charge is 2.33. The van der Waals surface area contributed by atoms with Gasteiger partial charge in [-0.05, 0) is 56.2 Å². The summed E-state index contributed by atoms with van der Waals surface area (Å²) >= 11 is 6.67. The molecule has 1 N–H and O–H groups in total. The van der Waals surface area contributed by atoms with E-state index in [1.54, 1.807) is 18.3 Å². The van der Waals surface area contributed by atoms with Crippen molar-refractivity contribution in [3.8, 4) is 11.5 Å². The Kier molecular flexibility index (Phi) is 5.78. The molecule has 10 heteroatoms. The van der Waals surface area contributed by atoms with Gasteiger partial charge in [-0.1, -0.05) is 36.1 Å². The summed E-state index contributed by atoms with van der Waals surface area (Å²) in [5, 5.41) is 3.25. The van der Waals surface area contributed by atoms with Gasteiger partial charge < -0.3 is 14.8 Å². The van der Waals surface area contributed by atoms with Gasteiger partial charge in [0.05, 0.1) is 17.0 Å². The number of ether oxygens (including phenoxy) is 2. The number of carbonyl (C=O) groups excluding carboxylic acids is 1. The Hall–Kier alpha value is -3.37. The minimum Gasteiger partial charge on any atom is -0.454 e. The molecular formula is C24H22N4O4S2. The van der Waals surface area contributed by atoms with Crippen LogP contribution >= 0.6 is 24.0 Å². The Morgan fingerprint density at radius 3 is 2.82 bits per heavy atom. The Morgan fingerprint density at radius 1 is 1.24 bits per heavy atom. The fourth-order valence-corrected chi connectivity index (χ4v) is 5.05. The van der Waals surface area contributed by atoms with Crippen molar-refractivity contribution in [3.63, 3.8) is 0 Å². The first kappa shape index (κ1) is 22.4. The van der Waals surface area contributed by atoms with E-state index < -0.39 is 0 Å². The molecule has 1 aromatic carbocycles. The summed E-state index contributed by atoms with van der Waals surface area (Å²) in [6, 6.07) is 9.29. The van der Waals surface area contributed by atoms with Crippen molar-refractivity contribution >= 4 is 51.7 Å². The summed E-state index contributed by atoms with van der Waals surface area (Å²) in [5.74, 6) is 1.51. The fourth-order valence-electron chi connectivity index (χ4n) is 3.81. The quantitative estimate of drug-likeness (QED) is 0.422. The summed E-state index contributed by atoms with van der Waals surface area (Å²) in [5.41, 5.74) is 2.39.